The van der Waals surface area contributed by atoms with E-state index in [4.69, 9.17) is 19.7 Å². The van der Waals surface area contributed by atoms with Gasteiger partial charge >= 0.3 is 0 Å². The molecule has 0 saturated heterocycles. The highest BCUT2D eigenvalue weighted by molar-refractivity contribution is 5.97. The summed E-state index contributed by atoms with van der Waals surface area (Å²) < 4.78 is 6.70. The van der Waals surface area contributed by atoms with Crippen LogP contribution >= 0.6 is 0 Å². The van der Waals surface area contributed by atoms with E-state index in [1.807, 2.05) is 48.5 Å². The first kappa shape index (κ1) is 30.4. The molecule has 0 spiro atoms. The van der Waals surface area contributed by atoms with Gasteiger partial charge in [0, 0.05) is 40.3 Å². The van der Waals surface area contributed by atoms with Crippen molar-refractivity contribution in [1.82, 2.24) is 19.9 Å². The van der Waals surface area contributed by atoms with Crippen LogP contribution in [0.15, 0.2) is 133 Å². The molecule has 0 bridgehead atoms. The molecule has 1 atom stereocenters. The second-order valence-electron chi connectivity index (χ2n) is 14.2. The molecule has 2 aromatic heterocycles. The molecule has 6 aromatic rings. The lowest BCUT2D eigenvalue weighted by molar-refractivity contribution is 0.230. The van der Waals surface area contributed by atoms with Gasteiger partial charge in [0.2, 0.25) is 0 Å². The van der Waals surface area contributed by atoms with Gasteiger partial charge in [-0.2, -0.15) is 0 Å². The Morgan fingerprint density at radius 3 is 1.98 bits per heavy atom. The first-order chi connectivity index (χ1) is 24.4. The maximum Gasteiger partial charge on any atom is 0.182 e. The van der Waals surface area contributed by atoms with Crippen LogP contribution in [0.25, 0.3) is 56.6 Å². The van der Waals surface area contributed by atoms with Gasteiger partial charge in [0.05, 0.1) is 0 Å². The molecule has 0 saturated carbocycles. The van der Waals surface area contributed by atoms with Crippen LogP contribution in [-0.4, -0.2) is 26.0 Å². The highest BCUT2D eigenvalue weighted by Crippen LogP contribution is 2.60. The van der Waals surface area contributed by atoms with Gasteiger partial charge in [-0.25, -0.2) is 15.0 Å². The molecule has 0 radical (unpaired) electrons. The minimum absolute atomic E-state index is 0.0117. The van der Waals surface area contributed by atoms with Crippen LogP contribution in [-0.2, 0) is 5.41 Å². The Labute approximate surface area is 293 Å². The maximum absolute atomic E-state index is 6.70. The molecule has 5 heteroatoms. The van der Waals surface area contributed by atoms with Crippen molar-refractivity contribution in [2.45, 2.75) is 45.6 Å². The number of hydrogen-bond acceptors (Lipinski definition) is 5. The number of nitrogens with zero attached hydrogens (tertiary/aromatic N) is 4. The molecule has 3 aliphatic rings. The van der Waals surface area contributed by atoms with E-state index in [-0.39, 0.29) is 11.5 Å². The smallest absolute Gasteiger partial charge is 0.182 e. The lowest BCUT2D eigenvalue weighted by atomic mass is 9.60. The predicted octanol–water partition coefficient (Wildman–Crippen LogP) is 10.5. The van der Waals surface area contributed by atoms with E-state index in [1.165, 1.54) is 27.8 Å². The van der Waals surface area contributed by atoms with Crippen LogP contribution in [0.5, 0.6) is 5.75 Å². The van der Waals surface area contributed by atoms with E-state index >= 15 is 0 Å². The maximum atomic E-state index is 6.70. The Kier molecular flexibility index (Phi) is 7.13. The van der Waals surface area contributed by atoms with E-state index in [1.54, 1.807) is 11.8 Å². The summed E-state index contributed by atoms with van der Waals surface area (Å²) >= 11 is 0. The zero-order valence-electron chi connectivity index (χ0n) is 28.8. The second kappa shape index (κ2) is 11.7. The van der Waals surface area contributed by atoms with Crippen molar-refractivity contribution in [3.63, 3.8) is 0 Å². The fraction of sp³-hybridized carbons (Fsp3) is 0.200. The van der Waals surface area contributed by atoms with E-state index in [9.17, 15) is 0 Å². The van der Waals surface area contributed by atoms with Crippen molar-refractivity contribution in [1.29, 1.82) is 0 Å². The number of fused-ring (bicyclic) bond motifs is 5. The first-order valence-corrected chi connectivity index (χ1v) is 17.6. The average molecular weight is 651 g/mol. The highest BCUT2D eigenvalue weighted by Gasteiger charge is 2.51. The Bertz CT molecular complexity index is 2260. The van der Waals surface area contributed by atoms with Crippen molar-refractivity contribution < 1.29 is 4.74 Å². The number of aromatic nitrogens is 4. The lowest BCUT2D eigenvalue weighted by Gasteiger charge is -2.43. The molecule has 4 aromatic carbocycles. The van der Waals surface area contributed by atoms with Crippen molar-refractivity contribution in [2.75, 3.05) is 0 Å². The Morgan fingerprint density at radius 2 is 1.26 bits per heavy atom. The van der Waals surface area contributed by atoms with Crippen LogP contribution in [0.4, 0.5) is 0 Å². The Balaban J connectivity index is 1.08. The molecule has 0 amide bonds. The summed E-state index contributed by atoms with van der Waals surface area (Å²) in [5.74, 6) is 3.72. The molecule has 5 nitrogen and oxygen atoms in total. The molecule has 50 heavy (non-hydrogen) atoms. The molecule has 9 rings (SSSR count). The summed E-state index contributed by atoms with van der Waals surface area (Å²) in [5.41, 5.74) is 13.1. The Morgan fingerprint density at radius 1 is 0.620 bits per heavy atom. The quantitative estimate of drug-likeness (QED) is 0.180. The van der Waals surface area contributed by atoms with E-state index in [2.05, 4.69) is 105 Å². The average Bonchev–Trinajstić information content (AvgIpc) is 3.67. The third kappa shape index (κ3) is 4.68. The SMILES string of the molecule is CC(C)C1(C(C)C)C2=C(C=C3c4cc(-c5ccc(-c6nc(-c7ccccc7)nc(-c7ccccn7)n6)cc5)ccc4OC3C2)c2ccccc21. The summed E-state index contributed by atoms with van der Waals surface area (Å²) in [6, 6.07) is 40.0. The summed E-state index contributed by atoms with van der Waals surface area (Å²) in [7, 11) is 0. The number of rotatable bonds is 6. The summed E-state index contributed by atoms with van der Waals surface area (Å²) in [4.78, 5) is 19.0. The van der Waals surface area contributed by atoms with Gasteiger partial charge in [-0.3, -0.25) is 4.98 Å². The molecule has 1 unspecified atom stereocenters. The summed E-state index contributed by atoms with van der Waals surface area (Å²) in [5, 5.41) is 0. The normalized spacial score (nSPS) is 16.8. The van der Waals surface area contributed by atoms with Gasteiger partial charge in [0.25, 0.3) is 0 Å². The molecule has 244 valence electrons. The number of benzene rings is 4. The fourth-order valence-electron chi connectivity index (χ4n) is 8.79. The summed E-state index contributed by atoms with van der Waals surface area (Å²) in [6.07, 6.45) is 5.15. The van der Waals surface area contributed by atoms with Crippen molar-refractivity contribution in [3.8, 4) is 51.2 Å². The fourth-order valence-corrected chi connectivity index (χ4v) is 8.79. The molecule has 3 heterocycles. The second-order valence-corrected chi connectivity index (χ2v) is 14.2. The van der Waals surface area contributed by atoms with Crippen molar-refractivity contribution in [3.05, 3.63) is 150 Å². The minimum atomic E-state index is 0.0117. The van der Waals surface area contributed by atoms with Crippen molar-refractivity contribution >= 4 is 11.1 Å². The number of allylic oxidation sites excluding steroid dienone is 2. The topological polar surface area (TPSA) is 60.8 Å². The van der Waals surface area contributed by atoms with E-state index in [0.29, 0.717) is 35.0 Å². The summed E-state index contributed by atoms with van der Waals surface area (Å²) in [6.45, 7) is 9.54. The molecular formula is C45H38N4O. The molecular weight excluding hydrogens is 613 g/mol. The van der Waals surface area contributed by atoms with E-state index < -0.39 is 0 Å². The number of pyridine rings is 1. The van der Waals surface area contributed by atoms with Crippen LogP contribution < -0.4 is 4.74 Å². The van der Waals surface area contributed by atoms with Gasteiger partial charge in [0.1, 0.15) is 17.5 Å². The monoisotopic (exact) mass is 650 g/mol. The van der Waals surface area contributed by atoms with Gasteiger partial charge in [-0.15, -0.1) is 0 Å². The first-order valence-electron chi connectivity index (χ1n) is 17.6. The predicted molar refractivity (Wildman–Crippen MR) is 201 cm³/mol. The zero-order valence-corrected chi connectivity index (χ0v) is 28.8. The zero-order chi connectivity index (χ0) is 34.0. The van der Waals surface area contributed by atoms with Gasteiger partial charge in [0.15, 0.2) is 17.5 Å². The largest absolute Gasteiger partial charge is 0.485 e. The molecule has 1 aliphatic heterocycles. The molecule has 0 fully saturated rings. The van der Waals surface area contributed by atoms with Crippen LogP contribution in [0.2, 0.25) is 0 Å². The third-order valence-electron chi connectivity index (χ3n) is 10.9. The minimum Gasteiger partial charge on any atom is -0.485 e. The van der Waals surface area contributed by atoms with Crippen LogP contribution in [0.1, 0.15) is 50.8 Å². The third-order valence-corrected chi connectivity index (χ3v) is 10.9. The number of hydrogen-bond donors (Lipinski definition) is 0. The van der Waals surface area contributed by atoms with Gasteiger partial charge in [-0.05, 0) is 75.6 Å². The molecule has 0 N–H and O–H groups in total. The Hall–Kier alpha value is -5.68. The lowest BCUT2D eigenvalue weighted by Crippen LogP contribution is -2.40. The highest BCUT2D eigenvalue weighted by atomic mass is 16.5. The van der Waals surface area contributed by atoms with Crippen LogP contribution in [0, 0.1) is 11.8 Å². The molecule has 2 aliphatic carbocycles. The number of ether oxygens (including phenoxy) is 1. The standard InChI is InChI=1S/C45H38N4O/c1-27(2)45(28(3)4)37-15-9-8-14-33(37)34-25-36-35-24-32(21-22-40(35)50-41(36)26-38(34)45)29-17-19-31(20-18-29)43-47-42(30-12-6-5-7-13-30)48-44(49-43)39-16-10-11-23-46-39/h5-25,27-28,41H,26H2,1-4H3. The van der Waals surface area contributed by atoms with Crippen LogP contribution in [0.3, 0.4) is 0 Å². The van der Waals surface area contributed by atoms with Gasteiger partial charge in [-0.1, -0.05) is 119 Å². The van der Waals surface area contributed by atoms with Gasteiger partial charge < -0.3 is 4.74 Å². The van der Waals surface area contributed by atoms with Crippen molar-refractivity contribution in [2.24, 2.45) is 11.8 Å². The van der Waals surface area contributed by atoms with E-state index in [0.717, 1.165) is 34.4 Å².